The Bertz CT molecular complexity index is 1010. The van der Waals surface area contributed by atoms with Gasteiger partial charge in [-0.25, -0.2) is 4.79 Å². The highest BCUT2D eigenvalue weighted by molar-refractivity contribution is 5.85. The van der Waals surface area contributed by atoms with Crippen molar-refractivity contribution in [3.8, 4) is 5.75 Å². The van der Waals surface area contributed by atoms with Crippen LogP contribution in [0.3, 0.4) is 0 Å². The van der Waals surface area contributed by atoms with Gasteiger partial charge in [-0.15, -0.1) is 0 Å². The van der Waals surface area contributed by atoms with Crippen molar-refractivity contribution in [2.24, 2.45) is 22.7 Å². The van der Waals surface area contributed by atoms with Crippen LogP contribution in [0.25, 0.3) is 11.0 Å². The van der Waals surface area contributed by atoms with Crippen molar-refractivity contribution < 1.29 is 13.9 Å². The molecule has 0 bridgehead atoms. The van der Waals surface area contributed by atoms with E-state index in [9.17, 15) is 9.59 Å². The van der Waals surface area contributed by atoms with Crippen molar-refractivity contribution in [3.05, 3.63) is 52.4 Å². The predicted octanol–water partition coefficient (Wildman–Crippen LogP) is 5.15. The Balaban J connectivity index is 1.60. The SMILES string of the molecule is CC1=CCC2C(C)(C)C(=O)CC[C@]2(C)C1COc1ccc2ccc(=O)oc2c1. The minimum absolute atomic E-state index is 0.0413. The number of carbonyl (C=O) groups is 1. The standard InChI is InChI=1S/C24H28O4/c1-15-5-9-20-23(2,3)21(25)11-12-24(20,4)18(15)14-27-17-8-6-16-7-10-22(26)28-19(16)13-17/h5-8,10,13,18,20H,9,11-12,14H2,1-4H3/t18?,20?,24-/m1/s1. The number of hydrogen-bond donors (Lipinski definition) is 0. The van der Waals surface area contributed by atoms with Gasteiger partial charge in [0.05, 0.1) is 6.61 Å². The van der Waals surface area contributed by atoms with Gasteiger partial charge in [-0.3, -0.25) is 4.79 Å². The Hall–Kier alpha value is -2.36. The van der Waals surface area contributed by atoms with E-state index in [-0.39, 0.29) is 22.4 Å². The molecule has 28 heavy (non-hydrogen) atoms. The van der Waals surface area contributed by atoms with Gasteiger partial charge in [0.15, 0.2) is 0 Å². The maximum absolute atomic E-state index is 12.5. The second kappa shape index (κ2) is 6.61. The highest BCUT2D eigenvalue weighted by Gasteiger charge is 2.55. The lowest BCUT2D eigenvalue weighted by molar-refractivity contribution is -0.143. The predicted molar refractivity (Wildman–Crippen MR) is 109 cm³/mol. The maximum atomic E-state index is 12.5. The van der Waals surface area contributed by atoms with E-state index in [4.69, 9.17) is 9.15 Å². The lowest BCUT2D eigenvalue weighted by Crippen LogP contribution is -2.53. The normalized spacial score (nSPS) is 29.3. The zero-order chi connectivity index (χ0) is 20.1. The number of fused-ring (bicyclic) bond motifs is 2. The summed E-state index contributed by atoms with van der Waals surface area (Å²) in [5.41, 5.74) is 1.26. The summed E-state index contributed by atoms with van der Waals surface area (Å²) in [6, 6.07) is 8.78. The number of rotatable bonds is 3. The molecule has 4 nitrogen and oxygen atoms in total. The van der Waals surface area contributed by atoms with Crippen molar-refractivity contribution in [2.75, 3.05) is 6.61 Å². The van der Waals surface area contributed by atoms with Crippen molar-refractivity contribution in [1.82, 2.24) is 0 Å². The van der Waals surface area contributed by atoms with E-state index in [1.807, 2.05) is 12.1 Å². The van der Waals surface area contributed by atoms with Crippen LogP contribution >= 0.6 is 0 Å². The molecule has 0 radical (unpaired) electrons. The van der Waals surface area contributed by atoms with Crippen molar-refractivity contribution in [2.45, 2.75) is 47.0 Å². The smallest absolute Gasteiger partial charge is 0.336 e. The Morgan fingerprint density at radius 2 is 1.89 bits per heavy atom. The van der Waals surface area contributed by atoms with Crippen LogP contribution < -0.4 is 10.4 Å². The van der Waals surface area contributed by atoms with Crippen LogP contribution in [-0.4, -0.2) is 12.4 Å². The Morgan fingerprint density at radius 3 is 2.68 bits per heavy atom. The van der Waals surface area contributed by atoms with Crippen LogP contribution in [0.2, 0.25) is 0 Å². The van der Waals surface area contributed by atoms with Crippen LogP contribution in [0.15, 0.2) is 51.2 Å². The van der Waals surface area contributed by atoms with E-state index in [1.54, 1.807) is 12.1 Å². The van der Waals surface area contributed by atoms with Gasteiger partial charge in [-0.1, -0.05) is 32.4 Å². The molecule has 4 heteroatoms. The van der Waals surface area contributed by atoms with Gasteiger partial charge in [0.25, 0.3) is 0 Å². The van der Waals surface area contributed by atoms with Gasteiger partial charge in [-0.2, -0.15) is 0 Å². The third-order valence-corrected chi connectivity index (χ3v) is 7.31. The number of allylic oxidation sites excluding steroid dienone is 1. The van der Waals surface area contributed by atoms with E-state index >= 15 is 0 Å². The van der Waals surface area contributed by atoms with Crippen LogP contribution in [0.4, 0.5) is 0 Å². The van der Waals surface area contributed by atoms with Crippen LogP contribution in [0, 0.1) is 22.7 Å². The van der Waals surface area contributed by atoms with Crippen molar-refractivity contribution >= 4 is 16.8 Å². The molecule has 0 N–H and O–H groups in total. The zero-order valence-corrected chi connectivity index (χ0v) is 17.1. The number of ketones is 1. The van der Waals surface area contributed by atoms with Crippen molar-refractivity contribution in [1.29, 1.82) is 0 Å². The molecule has 3 atom stereocenters. The summed E-state index contributed by atoms with van der Waals surface area (Å²) in [5.74, 6) is 1.67. The maximum Gasteiger partial charge on any atom is 0.336 e. The number of carbonyl (C=O) groups excluding carboxylic acids is 1. The van der Waals surface area contributed by atoms with E-state index in [0.29, 0.717) is 36.1 Å². The minimum Gasteiger partial charge on any atom is -0.493 e. The molecule has 2 aliphatic rings. The lowest BCUT2D eigenvalue weighted by atomic mass is 9.48. The summed E-state index contributed by atoms with van der Waals surface area (Å²) < 4.78 is 11.5. The average Bonchev–Trinajstić information content (AvgIpc) is 2.64. The van der Waals surface area contributed by atoms with E-state index in [2.05, 4.69) is 33.8 Å². The minimum atomic E-state index is -0.361. The van der Waals surface area contributed by atoms with Crippen LogP contribution in [-0.2, 0) is 4.79 Å². The monoisotopic (exact) mass is 380 g/mol. The number of hydrogen-bond acceptors (Lipinski definition) is 4. The molecular formula is C24H28O4. The summed E-state index contributed by atoms with van der Waals surface area (Å²) >= 11 is 0. The highest BCUT2D eigenvalue weighted by atomic mass is 16.5. The van der Waals surface area contributed by atoms with Crippen LogP contribution in [0.1, 0.15) is 47.0 Å². The quantitative estimate of drug-likeness (QED) is 0.546. The number of ether oxygens (including phenoxy) is 1. The highest BCUT2D eigenvalue weighted by Crippen LogP contribution is 2.58. The van der Waals surface area contributed by atoms with E-state index in [0.717, 1.165) is 18.2 Å². The third kappa shape index (κ3) is 2.99. The summed E-state index contributed by atoms with van der Waals surface area (Å²) in [4.78, 5) is 24.0. The molecule has 1 aromatic heterocycles. The molecule has 2 aromatic rings. The molecule has 148 valence electrons. The average molecular weight is 380 g/mol. The first kappa shape index (κ1) is 19.0. The Labute approximate surface area is 165 Å². The summed E-state index contributed by atoms with van der Waals surface area (Å²) in [6.45, 7) is 9.28. The van der Waals surface area contributed by atoms with Gasteiger partial charge in [-0.05, 0) is 49.3 Å². The molecule has 4 rings (SSSR count). The molecule has 1 saturated carbocycles. The fourth-order valence-corrected chi connectivity index (χ4v) is 5.48. The molecular weight excluding hydrogens is 352 g/mol. The second-order valence-corrected chi connectivity index (χ2v) is 9.20. The van der Waals surface area contributed by atoms with Gasteiger partial charge in [0.2, 0.25) is 0 Å². The third-order valence-electron chi connectivity index (χ3n) is 7.31. The van der Waals surface area contributed by atoms with E-state index in [1.165, 1.54) is 11.6 Å². The van der Waals surface area contributed by atoms with Gasteiger partial charge in [0.1, 0.15) is 17.1 Å². The largest absolute Gasteiger partial charge is 0.493 e. The Kier molecular flexibility index (Phi) is 4.48. The molecule has 0 amide bonds. The lowest BCUT2D eigenvalue weighted by Gasteiger charge is -2.55. The van der Waals surface area contributed by atoms with Gasteiger partial charge >= 0.3 is 5.63 Å². The van der Waals surface area contributed by atoms with E-state index < -0.39 is 0 Å². The van der Waals surface area contributed by atoms with Gasteiger partial charge < -0.3 is 9.15 Å². The second-order valence-electron chi connectivity index (χ2n) is 9.20. The number of Topliss-reactive ketones (excluding diaryl/α,β-unsaturated/α-hetero) is 1. The fourth-order valence-electron chi connectivity index (χ4n) is 5.48. The first-order valence-corrected chi connectivity index (χ1v) is 10.1. The molecule has 2 unspecified atom stereocenters. The summed E-state index contributed by atoms with van der Waals surface area (Å²) in [7, 11) is 0. The number of benzene rings is 1. The molecule has 0 aliphatic heterocycles. The van der Waals surface area contributed by atoms with Crippen LogP contribution in [0.5, 0.6) is 5.75 Å². The van der Waals surface area contributed by atoms with Gasteiger partial charge in [0, 0.05) is 35.3 Å². The molecule has 1 heterocycles. The molecule has 0 spiro atoms. The summed E-state index contributed by atoms with van der Waals surface area (Å²) in [5, 5.41) is 0.875. The molecule has 1 aromatic carbocycles. The Morgan fingerprint density at radius 1 is 1.14 bits per heavy atom. The fraction of sp³-hybridized carbons (Fsp3) is 0.500. The molecule has 0 saturated heterocycles. The molecule has 1 fully saturated rings. The summed E-state index contributed by atoms with van der Waals surface area (Å²) in [6.07, 6.45) is 4.80. The topological polar surface area (TPSA) is 56.5 Å². The first-order valence-electron chi connectivity index (χ1n) is 10.1. The molecule has 2 aliphatic carbocycles. The first-order chi connectivity index (χ1) is 13.2. The van der Waals surface area contributed by atoms with Crippen molar-refractivity contribution in [3.63, 3.8) is 0 Å². The zero-order valence-electron chi connectivity index (χ0n) is 17.1.